The number of aliphatic imine (C=N–C) groups is 2. The highest BCUT2D eigenvalue weighted by Crippen LogP contribution is 2.38. The normalized spacial score (nSPS) is 27.7. The van der Waals surface area contributed by atoms with Gasteiger partial charge in [-0.3, -0.25) is 14.8 Å². The van der Waals surface area contributed by atoms with Crippen LogP contribution in [0.3, 0.4) is 0 Å². The molecule has 1 aliphatic heterocycles. The van der Waals surface area contributed by atoms with Crippen molar-refractivity contribution >= 4 is 24.2 Å². The Balaban J connectivity index is 1.46. The van der Waals surface area contributed by atoms with Crippen LogP contribution < -0.4 is 4.74 Å². The first-order chi connectivity index (χ1) is 17.9. The van der Waals surface area contributed by atoms with E-state index in [0.717, 1.165) is 30.4 Å². The number of hydrogen-bond acceptors (Lipinski definition) is 7. The van der Waals surface area contributed by atoms with Gasteiger partial charge in [0, 0.05) is 49.1 Å². The first kappa shape index (κ1) is 26.7. The fraction of sp³-hybridized carbons (Fsp3) is 0.500. The van der Waals surface area contributed by atoms with Crippen molar-refractivity contribution in [2.45, 2.75) is 64.5 Å². The van der Waals surface area contributed by atoms with Crippen LogP contribution in [0, 0.1) is 17.8 Å². The lowest BCUT2D eigenvalue weighted by Gasteiger charge is -2.28. The summed E-state index contributed by atoms with van der Waals surface area (Å²) in [6, 6.07) is 11.3. The number of methoxy groups -OCH3 is 1. The van der Waals surface area contributed by atoms with Crippen LogP contribution in [0.1, 0.15) is 78.7 Å². The molecule has 196 valence electrons. The van der Waals surface area contributed by atoms with Gasteiger partial charge in [-0.15, -0.1) is 0 Å². The Kier molecular flexibility index (Phi) is 8.85. The number of pyridine rings is 1. The van der Waals surface area contributed by atoms with Crippen molar-refractivity contribution in [1.82, 2.24) is 4.98 Å². The Labute approximate surface area is 219 Å². The Morgan fingerprint density at radius 1 is 1.03 bits per heavy atom. The minimum absolute atomic E-state index is 0.0206. The number of hydrogen-bond donors (Lipinski definition) is 0. The third kappa shape index (κ3) is 6.51. The monoisotopic (exact) mass is 503 g/mol. The summed E-state index contributed by atoms with van der Waals surface area (Å²) in [5.41, 5.74) is 2.26. The number of Topliss-reactive ketones (excluding diaryl/α,β-unsaturated/α-hetero) is 1. The van der Waals surface area contributed by atoms with Crippen LogP contribution in [0.4, 0.5) is 0 Å². The standard InChI is InChI=1S/C30H37N3O4/c1-19-9-10-23(37-29-16-22(11-12-33-29)30(35)36-4)15-20(2)26(19)17-28(34)25-8-6-5-7-24(25)27-18-31-13-14-32-21(27)3/h5-8,11-14,16,19-21,23,26-27H,9-10,15,17-18H2,1-4H3. The summed E-state index contributed by atoms with van der Waals surface area (Å²) in [5, 5.41) is 0. The first-order valence-corrected chi connectivity index (χ1v) is 13.2. The molecule has 2 aliphatic rings. The number of carbonyl (C=O) groups is 2. The number of benzene rings is 1. The smallest absolute Gasteiger partial charge is 0.338 e. The fourth-order valence-electron chi connectivity index (χ4n) is 5.74. The molecule has 1 aliphatic carbocycles. The van der Waals surface area contributed by atoms with E-state index >= 15 is 0 Å². The van der Waals surface area contributed by atoms with Crippen molar-refractivity contribution in [3.8, 4) is 5.88 Å². The largest absolute Gasteiger partial charge is 0.474 e. The van der Waals surface area contributed by atoms with E-state index in [1.807, 2.05) is 18.2 Å². The zero-order valence-corrected chi connectivity index (χ0v) is 22.2. The van der Waals surface area contributed by atoms with Gasteiger partial charge in [0.1, 0.15) is 6.10 Å². The number of nitrogens with zero attached hydrogens (tertiary/aromatic N) is 3. The number of carbonyl (C=O) groups excluding carboxylic acids is 2. The fourth-order valence-corrected chi connectivity index (χ4v) is 5.74. The molecule has 0 amide bonds. The van der Waals surface area contributed by atoms with E-state index in [9.17, 15) is 9.59 Å². The van der Waals surface area contributed by atoms with Crippen molar-refractivity contribution in [2.75, 3.05) is 13.7 Å². The van der Waals surface area contributed by atoms with Crippen LogP contribution in [-0.2, 0) is 4.74 Å². The van der Waals surface area contributed by atoms with Crippen LogP contribution in [0.25, 0.3) is 0 Å². The lowest BCUT2D eigenvalue weighted by Crippen LogP contribution is -2.25. The third-order valence-electron chi connectivity index (χ3n) is 7.94. The zero-order valence-electron chi connectivity index (χ0n) is 22.2. The number of esters is 1. The molecule has 0 N–H and O–H groups in total. The number of aromatic nitrogens is 1. The summed E-state index contributed by atoms with van der Waals surface area (Å²) in [5.74, 6) is 1.24. The van der Waals surface area contributed by atoms with E-state index in [1.165, 1.54) is 7.11 Å². The van der Waals surface area contributed by atoms with Gasteiger partial charge in [0.05, 0.1) is 18.7 Å². The molecule has 1 saturated carbocycles. The van der Waals surface area contributed by atoms with Crippen molar-refractivity contribution in [2.24, 2.45) is 27.7 Å². The number of rotatable bonds is 7. The summed E-state index contributed by atoms with van der Waals surface area (Å²) in [6.07, 6.45) is 8.23. The number of ketones is 1. The maximum atomic E-state index is 13.7. The van der Waals surface area contributed by atoms with Gasteiger partial charge < -0.3 is 9.47 Å². The molecule has 37 heavy (non-hydrogen) atoms. The molecule has 6 unspecified atom stereocenters. The second-order valence-corrected chi connectivity index (χ2v) is 10.4. The summed E-state index contributed by atoms with van der Waals surface area (Å²) >= 11 is 0. The molecule has 1 aromatic heterocycles. The van der Waals surface area contributed by atoms with Gasteiger partial charge in [-0.1, -0.05) is 38.1 Å². The lowest BCUT2D eigenvalue weighted by molar-refractivity contribution is 0.0599. The molecule has 1 aromatic carbocycles. The van der Waals surface area contributed by atoms with E-state index < -0.39 is 5.97 Å². The predicted molar refractivity (Wildman–Crippen MR) is 145 cm³/mol. The Hall–Kier alpha value is -3.35. The average molecular weight is 504 g/mol. The molecule has 0 saturated heterocycles. The molecular weight excluding hydrogens is 466 g/mol. The molecule has 2 heterocycles. The summed E-state index contributed by atoms with van der Waals surface area (Å²) in [4.78, 5) is 38.9. The minimum Gasteiger partial charge on any atom is -0.474 e. The van der Waals surface area contributed by atoms with E-state index in [2.05, 4.69) is 41.8 Å². The molecule has 2 aromatic rings. The van der Waals surface area contributed by atoms with Crippen molar-refractivity contribution in [3.63, 3.8) is 0 Å². The Morgan fingerprint density at radius 3 is 2.65 bits per heavy atom. The molecule has 7 heteroatoms. The van der Waals surface area contributed by atoms with E-state index in [0.29, 0.717) is 36.2 Å². The quantitative estimate of drug-likeness (QED) is 0.279. The molecule has 1 fully saturated rings. The summed E-state index contributed by atoms with van der Waals surface area (Å²) < 4.78 is 11.0. The van der Waals surface area contributed by atoms with E-state index in [4.69, 9.17) is 9.47 Å². The molecule has 0 bridgehead atoms. The Bertz CT molecular complexity index is 1160. The van der Waals surface area contributed by atoms with Crippen LogP contribution in [0.15, 0.2) is 52.6 Å². The highest BCUT2D eigenvalue weighted by molar-refractivity contribution is 6.16. The van der Waals surface area contributed by atoms with Gasteiger partial charge in [0.25, 0.3) is 0 Å². The third-order valence-corrected chi connectivity index (χ3v) is 7.94. The lowest BCUT2D eigenvalue weighted by atomic mass is 9.77. The minimum atomic E-state index is -0.411. The van der Waals surface area contributed by atoms with Gasteiger partial charge in [-0.25, -0.2) is 9.78 Å². The molecule has 0 radical (unpaired) electrons. The maximum Gasteiger partial charge on any atom is 0.338 e. The highest BCUT2D eigenvalue weighted by Gasteiger charge is 2.34. The second-order valence-electron chi connectivity index (χ2n) is 10.4. The SMILES string of the molecule is COC(=O)c1ccnc(OC2CCC(C)C(CC(=O)c3ccccc3C3CN=CC=NC3C)C(C)C2)c1. The van der Waals surface area contributed by atoms with Crippen molar-refractivity contribution in [3.05, 3.63) is 59.3 Å². The van der Waals surface area contributed by atoms with Gasteiger partial charge in [0.2, 0.25) is 5.88 Å². The van der Waals surface area contributed by atoms with E-state index in [-0.39, 0.29) is 29.8 Å². The van der Waals surface area contributed by atoms with Crippen LogP contribution in [0.2, 0.25) is 0 Å². The van der Waals surface area contributed by atoms with E-state index in [1.54, 1.807) is 30.8 Å². The topological polar surface area (TPSA) is 90.2 Å². The van der Waals surface area contributed by atoms with Gasteiger partial charge >= 0.3 is 5.97 Å². The Morgan fingerprint density at radius 2 is 1.84 bits per heavy atom. The first-order valence-electron chi connectivity index (χ1n) is 13.2. The number of ether oxygens (including phenoxy) is 2. The van der Waals surface area contributed by atoms with Gasteiger partial charge in [0.15, 0.2) is 5.78 Å². The molecule has 0 spiro atoms. The van der Waals surface area contributed by atoms with Crippen LogP contribution in [-0.4, -0.2) is 55.0 Å². The van der Waals surface area contributed by atoms with Gasteiger partial charge in [-0.2, -0.15) is 0 Å². The molecule has 4 rings (SSSR count). The second kappa shape index (κ2) is 12.3. The molecule has 6 atom stereocenters. The zero-order chi connectivity index (χ0) is 26.4. The average Bonchev–Trinajstić information content (AvgIpc) is 3.20. The summed E-state index contributed by atoms with van der Waals surface area (Å²) in [7, 11) is 1.36. The summed E-state index contributed by atoms with van der Waals surface area (Å²) in [6.45, 7) is 7.18. The highest BCUT2D eigenvalue weighted by atomic mass is 16.5. The van der Waals surface area contributed by atoms with Crippen LogP contribution >= 0.6 is 0 Å². The maximum absolute atomic E-state index is 13.7. The van der Waals surface area contributed by atoms with Gasteiger partial charge in [-0.05, 0) is 55.6 Å². The van der Waals surface area contributed by atoms with Crippen molar-refractivity contribution < 1.29 is 19.1 Å². The molecule has 7 nitrogen and oxygen atoms in total. The van der Waals surface area contributed by atoms with Crippen LogP contribution in [0.5, 0.6) is 5.88 Å². The van der Waals surface area contributed by atoms with Crippen molar-refractivity contribution in [1.29, 1.82) is 0 Å². The molecular formula is C30H37N3O4. The predicted octanol–water partition coefficient (Wildman–Crippen LogP) is 5.59.